The molecule has 5 nitrogen and oxygen atoms in total. The minimum absolute atomic E-state index is 0.0420. The van der Waals surface area contributed by atoms with E-state index in [1.165, 1.54) is 5.56 Å². The zero-order valence-corrected chi connectivity index (χ0v) is 19.7. The summed E-state index contributed by atoms with van der Waals surface area (Å²) in [6.45, 7) is 14.0. The van der Waals surface area contributed by atoms with Gasteiger partial charge < -0.3 is 14.4 Å². The molecule has 0 aliphatic heterocycles. The molecule has 2 rings (SSSR count). The average molecular weight is 418 g/mol. The molecule has 0 heterocycles. The van der Waals surface area contributed by atoms with Gasteiger partial charge in [0.1, 0.15) is 0 Å². The Balaban J connectivity index is 2.23. The molecule has 0 N–H and O–H groups in total. The van der Waals surface area contributed by atoms with Crippen LogP contribution >= 0.6 is 0 Å². The van der Waals surface area contributed by atoms with Crippen LogP contribution in [0.15, 0.2) is 30.3 Å². The number of nitrogens with zero attached hydrogens (tertiary/aromatic N) is 1. The van der Waals surface area contributed by atoms with Crippen LogP contribution in [0.1, 0.15) is 79.2 Å². The van der Waals surface area contributed by atoms with E-state index in [2.05, 4.69) is 38.1 Å². The second-order valence-electron chi connectivity index (χ2n) is 9.80. The van der Waals surface area contributed by atoms with Gasteiger partial charge >= 0.3 is 12.1 Å². The van der Waals surface area contributed by atoms with Crippen molar-refractivity contribution in [3.63, 3.8) is 0 Å². The smallest absolute Gasteiger partial charge is 0.413 e. The van der Waals surface area contributed by atoms with Crippen molar-refractivity contribution in [2.24, 2.45) is 17.3 Å². The Morgan fingerprint density at radius 3 is 2.30 bits per heavy atom. The third-order valence-corrected chi connectivity index (χ3v) is 6.08. The largest absolute Gasteiger partial charge is 0.425 e. The van der Waals surface area contributed by atoms with Crippen LogP contribution in [0.4, 0.5) is 4.79 Å². The summed E-state index contributed by atoms with van der Waals surface area (Å²) in [4.78, 5) is 27.1. The molecule has 1 aromatic rings. The molecular weight excluding hydrogens is 378 g/mol. The van der Waals surface area contributed by atoms with Crippen LogP contribution in [0.2, 0.25) is 0 Å². The van der Waals surface area contributed by atoms with Crippen molar-refractivity contribution >= 4 is 12.1 Å². The first-order chi connectivity index (χ1) is 14.0. The zero-order chi connectivity index (χ0) is 22.5. The third-order valence-electron chi connectivity index (χ3n) is 6.08. The number of hydrogen-bond donors (Lipinski definition) is 0. The summed E-state index contributed by atoms with van der Waals surface area (Å²) in [6.07, 6.45) is 1.94. The predicted molar refractivity (Wildman–Crippen MR) is 119 cm³/mol. The molecule has 5 heteroatoms. The summed E-state index contributed by atoms with van der Waals surface area (Å²) >= 11 is 0. The van der Waals surface area contributed by atoms with E-state index in [0.717, 1.165) is 19.3 Å². The van der Waals surface area contributed by atoms with E-state index in [-0.39, 0.29) is 17.9 Å². The third kappa shape index (κ3) is 6.23. The van der Waals surface area contributed by atoms with Gasteiger partial charge in [-0.3, -0.25) is 4.79 Å². The van der Waals surface area contributed by atoms with E-state index in [4.69, 9.17) is 9.47 Å². The molecule has 30 heavy (non-hydrogen) atoms. The molecule has 1 fully saturated rings. The first-order valence-corrected chi connectivity index (χ1v) is 11.3. The minimum atomic E-state index is -0.923. The molecule has 0 spiro atoms. The zero-order valence-electron chi connectivity index (χ0n) is 19.7. The molecule has 1 amide bonds. The van der Waals surface area contributed by atoms with E-state index in [0.29, 0.717) is 18.4 Å². The van der Waals surface area contributed by atoms with Crippen LogP contribution in [-0.2, 0) is 14.3 Å². The number of ether oxygens (including phenoxy) is 2. The summed E-state index contributed by atoms with van der Waals surface area (Å²) in [6, 6.07) is 10.5. The van der Waals surface area contributed by atoms with Crippen LogP contribution in [0.5, 0.6) is 0 Å². The van der Waals surface area contributed by atoms with Crippen molar-refractivity contribution < 1.29 is 19.1 Å². The van der Waals surface area contributed by atoms with Crippen molar-refractivity contribution in [1.29, 1.82) is 0 Å². The van der Waals surface area contributed by atoms with Gasteiger partial charge in [0.25, 0.3) is 0 Å². The van der Waals surface area contributed by atoms with Crippen LogP contribution in [0, 0.1) is 17.3 Å². The van der Waals surface area contributed by atoms with Crippen LogP contribution < -0.4 is 0 Å². The molecule has 0 aromatic heterocycles. The van der Waals surface area contributed by atoms with Gasteiger partial charge in [0.15, 0.2) is 0 Å². The highest BCUT2D eigenvalue weighted by Crippen LogP contribution is 2.40. The number of amides is 1. The maximum Gasteiger partial charge on any atom is 0.413 e. The van der Waals surface area contributed by atoms with Crippen LogP contribution in [-0.4, -0.2) is 35.8 Å². The van der Waals surface area contributed by atoms with Gasteiger partial charge in [-0.15, -0.1) is 0 Å². The van der Waals surface area contributed by atoms with Crippen LogP contribution in [0.25, 0.3) is 0 Å². The number of carbonyl (C=O) groups is 2. The Labute approximate surface area is 182 Å². The van der Waals surface area contributed by atoms with Crippen molar-refractivity contribution in [2.75, 3.05) is 6.54 Å². The molecular formula is C25H39NO4. The SMILES string of the molecule is CCN(C(=O)OC(C)OC(=O)C(C)(C)C)C1C(C)CCC(C)CC1c1ccccc1. The van der Waals surface area contributed by atoms with Gasteiger partial charge in [-0.25, -0.2) is 4.79 Å². The van der Waals surface area contributed by atoms with E-state index < -0.39 is 17.8 Å². The number of likely N-dealkylation sites (N-methyl/N-ethyl adjacent to an activating group) is 1. The fourth-order valence-corrected chi connectivity index (χ4v) is 4.39. The summed E-state index contributed by atoms with van der Waals surface area (Å²) in [5.74, 6) is 0.812. The van der Waals surface area contributed by atoms with Gasteiger partial charge in [0, 0.05) is 25.4 Å². The van der Waals surface area contributed by atoms with Gasteiger partial charge in [-0.1, -0.05) is 50.6 Å². The topological polar surface area (TPSA) is 55.8 Å². The second-order valence-corrected chi connectivity index (χ2v) is 9.80. The predicted octanol–water partition coefficient (Wildman–Crippen LogP) is 5.99. The number of esters is 1. The number of rotatable bonds is 5. The summed E-state index contributed by atoms with van der Waals surface area (Å²) in [7, 11) is 0. The fourth-order valence-electron chi connectivity index (χ4n) is 4.39. The van der Waals surface area contributed by atoms with Crippen molar-refractivity contribution in [3.8, 4) is 0 Å². The first kappa shape index (κ1) is 24.2. The standard InChI is InChI=1S/C25H39NO4/c1-8-26(24(28)30-19(4)29-23(27)25(5,6)7)22-18(3)15-14-17(2)16-21(22)20-12-10-9-11-13-20/h9-13,17-19,21-22H,8,14-16H2,1-7H3. The fraction of sp³-hybridized carbons (Fsp3) is 0.680. The molecule has 168 valence electrons. The normalized spacial score (nSPS) is 25.7. The van der Waals surface area contributed by atoms with Gasteiger partial charge in [0.2, 0.25) is 6.29 Å². The number of benzene rings is 1. The quantitative estimate of drug-likeness (QED) is 0.335. The maximum atomic E-state index is 13.1. The Morgan fingerprint density at radius 1 is 1.10 bits per heavy atom. The monoisotopic (exact) mass is 417 g/mol. The average Bonchev–Trinajstić information content (AvgIpc) is 2.82. The molecule has 0 radical (unpaired) electrons. The van der Waals surface area contributed by atoms with Gasteiger partial charge in [-0.05, 0) is 57.9 Å². The van der Waals surface area contributed by atoms with Gasteiger partial charge in [-0.2, -0.15) is 0 Å². The summed E-state index contributed by atoms with van der Waals surface area (Å²) < 4.78 is 10.9. The molecule has 1 aliphatic rings. The lowest BCUT2D eigenvalue weighted by molar-refractivity contribution is -0.176. The molecule has 0 saturated heterocycles. The molecule has 5 unspecified atom stereocenters. The Bertz CT molecular complexity index is 697. The maximum absolute atomic E-state index is 13.1. The molecule has 1 aliphatic carbocycles. The number of hydrogen-bond acceptors (Lipinski definition) is 4. The van der Waals surface area contributed by atoms with Crippen molar-refractivity contribution in [1.82, 2.24) is 4.90 Å². The molecule has 1 saturated carbocycles. The molecule has 0 bridgehead atoms. The molecule has 5 atom stereocenters. The summed E-state index contributed by atoms with van der Waals surface area (Å²) in [5.41, 5.74) is 0.622. The van der Waals surface area contributed by atoms with E-state index in [9.17, 15) is 9.59 Å². The lowest BCUT2D eigenvalue weighted by Gasteiger charge is -2.39. The minimum Gasteiger partial charge on any atom is -0.425 e. The summed E-state index contributed by atoms with van der Waals surface area (Å²) in [5, 5.41) is 0. The van der Waals surface area contributed by atoms with E-state index in [1.54, 1.807) is 27.7 Å². The Kier molecular flexibility index (Phi) is 8.34. The van der Waals surface area contributed by atoms with Crippen molar-refractivity contribution in [2.45, 2.75) is 86.0 Å². The molecule has 1 aromatic carbocycles. The highest BCUT2D eigenvalue weighted by molar-refractivity contribution is 5.75. The Morgan fingerprint density at radius 2 is 1.73 bits per heavy atom. The lowest BCUT2D eigenvalue weighted by Crippen LogP contribution is -2.48. The highest BCUT2D eigenvalue weighted by atomic mass is 16.7. The highest BCUT2D eigenvalue weighted by Gasteiger charge is 2.39. The Hall–Kier alpha value is -2.04. The van der Waals surface area contributed by atoms with Crippen LogP contribution in [0.3, 0.4) is 0 Å². The second kappa shape index (κ2) is 10.3. The van der Waals surface area contributed by atoms with E-state index >= 15 is 0 Å². The number of carbonyl (C=O) groups excluding carboxylic acids is 2. The van der Waals surface area contributed by atoms with Gasteiger partial charge in [0.05, 0.1) is 5.41 Å². The van der Waals surface area contributed by atoms with Crippen molar-refractivity contribution in [3.05, 3.63) is 35.9 Å². The van der Waals surface area contributed by atoms with E-state index in [1.807, 2.05) is 17.9 Å². The first-order valence-electron chi connectivity index (χ1n) is 11.3. The lowest BCUT2D eigenvalue weighted by atomic mass is 9.81.